The van der Waals surface area contributed by atoms with Gasteiger partial charge in [0.05, 0.1) is 25.2 Å². The molecule has 1 aromatic rings. The highest BCUT2D eigenvalue weighted by Gasteiger charge is 2.28. The lowest BCUT2D eigenvalue weighted by Crippen LogP contribution is -2.38. The highest BCUT2D eigenvalue weighted by Crippen LogP contribution is 2.38. The SMILES string of the molecule is COc1cc2c(cc1/C=C1\SC(N3CCOCC3)=NC1=O)OC(C)C2. The highest BCUT2D eigenvalue weighted by atomic mass is 32.2. The van der Waals surface area contributed by atoms with Gasteiger partial charge in [0, 0.05) is 30.6 Å². The van der Waals surface area contributed by atoms with Crippen molar-refractivity contribution in [3.05, 3.63) is 28.2 Å². The molecule has 0 spiro atoms. The lowest BCUT2D eigenvalue weighted by Gasteiger charge is -2.27. The van der Waals surface area contributed by atoms with Gasteiger partial charge in [-0.05, 0) is 36.9 Å². The third-order valence-corrected chi connectivity index (χ3v) is 5.47. The number of fused-ring (bicyclic) bond motifs is 1. The average molecular weight is 360 g/mol. The molecule has 6 nitrogen and oxygen atoms in total. The molecule has 0 N–H and O–H groups in total. The van der Waals surface area contributed by atoms with E-state index in [2.05, 4.69) is 9.89 Å². The molecule has 3 aliphatic rings. The maximum atomic E-state index is 12.3. The molecule has 1 amide bonds. The van der Waals surface area contributed by atoms with Gasteiger partial charge in [-0.25, -0.2) is 0 Å². The first-order valence-electron chi connectivity index (χ1n) is 8.37. The topological polar surface area (TPSA) is 60.4 Å². The number of ether oxygens (including phenoxy) is 3. The van der Waals surface area contributed by atoms with Crippen LogP contribution in [0.3, 0.4) is 0 Å². The minimum absolute atomic E-state index is 0.168. The van der Waals surface area contributed by atoms with Crippen molar-refractivity contribution in [2.24, 2.45) is 4.99 Å². The Kier molecular flexibility index (Phi) is 4.43. The second-order valence-electron chi connectivity index (χ2n) is 6.24. The number of benzene rings is 1. The number of nitrogens with zero attached hydrogens (tertiary/aromatic N) is 2. The van der Waals surface area contributed by atoms with E-state index in [0.29, 0.717) is 18.1 Å². The number of amides is 1. The molecule has 0 aromatic heterocycles. The predicted molar refractivity (Wildman–Crippen MR) is 97.2 cm³/mol. The van der Waals surface area contributed by atoms with Gasteiger partial charge in [-0.3, -0.25) is 4.79 Å². The van der Waals surface area contributed by atoms with Crippen LogP contribution < -0.4 is 9.47 Å². The van der Waals surface area contributed by atoms with Crippen LogP contribution in [0.1, 0.15) is 18.1 Å². The molecule has 0 bridgehead atoms. The zero-order valence-corrected chi connectivity index (χ0v) is 15.1. The van der Waals surface area contributed by atoms with Gasteiger partial charge in [0.1, 0.15) is 17.6 Å². The molecule has 4 rings (SSSR count). The number of morpholine rings is 1. The van der Waals surface area contributed by atoms with E-state index in [1.807, 2.05) is 25.1 Å². The minimum atomic E-state index is -0.205. The summed E-state index contributed by atoms with van der Waals surface area (Å²) in [7, 11) is 1.64. The van der Waals surface area contributed by atoms with Crippen LogP contribution in [0, 0.1) is 0 Å². The summed E-state index contributed by atoms with van der Waals surface area (Å²) in [6.07, 6.45) is 2.89. The quantitative estimate of drug-likeness (QED) is 0.755. The Morgan fingerprint density at radius 2 is 2.16 bits per heavy atom. The molecule has 1 saturated heterocycles. The fraction of sp³-hybridized carbons (Fsp3) is 0.444. The van der Waals surface area contributed by atoms with Gasteiger partial charge in [0.2, 0.25) is 0 Å². The van der Waals surface area contributed by atoms with Gasteiger partial charge in [0.25, 0.3) is 5.91 Å². The van der Waals surface area contributed by atoms with Gasteiger partial charge in [-0.2, -0.15) is 4.99 Å². The molecule has 1 fully saturated rings. The van der Waals surface area contributed by atoms with E-state index >= 15 is 0 Å². The van der Waals surface area contributed by atoms with Crippen molar-refractivity contribution in [1.29, 1.82) is 0 Å². The van der Waals surface area contributed by atoms with Crippen LogP contribution >= 0.6 is 11.8 Å². The average Bonchev–Trinajstić information content (AvgIpc) is 3.16. The van der Waals surface area contributed by atoms with Crippen molar-refractivity contribution in [3.8, 4) is 11.5 Å². The smallest absolute Gasteiger partial charge is 0.286 e. The van der Waals surface area contributed by atoms with Gasteiger partial charge < -0.3 is 19.1 Å². The summed E-state index contributed by atoms with van der Waals surface area (Å²) in [5.41, 5.74) is 1.98. The number of thioether (sulfide) groups is 1. The van der Waals surface area contributed by atoms with Crippen LogP contribution in [0.15, 0.2) is 22.0 Å². The first-order valence-corrected chi connectivity index (χ1v) is 9.18. The van der Waals surface area contributed by atoms with Crippen LogP contribution in [-0.2, 0) is 16.0 Å². The molecule has 1 unspecified atom stereocenters. The summed E-state index contributed by atoms with van der Waals surface area (Å²) >= 11 is 1.41. The molecule has 25 heavy (non-hydrogen) atoms. The third kappa shape index (κ3) is 3.26. The molecule has 132 valence electrons. The number of amidine groups is 1. The van der Waals surface area contributed by atoms with E-state index in [9.17, 15) is 4.79 Å². The molecular formula is C18H20N2O4S. The Morgan fingerprint density at radius 3 is 2.92 bits per heavy atom. The van der Waals surface area contributed by atoms with Gasteiger partial charge in [0.15, 0.2) is 5.17 Å². The number of carbonyl (C=O) groups is 1. The molecule has 3 aliphatic heterocycles. The van der Waals surface area contributed by atoms with Crippen molar-refractivity contribution < 1.29 is 19.0 Å². The Hall–Kier alpha value is -1.99. The van der Waals surface area contributed by atoms with Crippen LogP contribution in [0.25, 0.3) is 6.08 Å². The standard InChI is InChI=1S/C18H20N2O4S/c1-11-7-12-8-14(22-2)13(9-15(12)24-11)10-16-17(21)19-18(25-16)20-3-5-23-6-4-20/h8-11H,3-7H2,1-2H3/b16-10-. The van der Waals surface area contributed by atoms with Crippen LogP contribution in [0.5, 0.6) is 11.5 Å². The fourth-order valence-corrected chi connectivity index (χ4v) is 4.13. The summed E-state index contributed by atoms with van der Waals surface area (Å²) < 4.78 is 16.7. The summed E-state index contributed by atoms with van der Waals surface area (Å²) in [6, 6.07) is 3.95. The van der Waals surface area contributed by atoms with E-state index in [0.717, 1.165) is 47.3 Å². The number of methoxy groups -OCH3 is 1. The number of carbonyl (C=O) groups excluding carboxylic acids is 1. The number of rotatable bonds is 2. The van der Waals surface area contributed by atoms with Crippen molar-refractivity contribution in [3.63, 3.8) is 0 Å². The summed E-state index contributed by atoms with van der Waals surface area (Å²) in [5.74, 6) is 1.41. The largest absolute Gasteiger partial charge is 0.496 e. The maximum absolute atomic E-state index is 12.3. The Labute approximate surface area is 150 Å². The third-order valence-electron chi connectivity index (χ3n) is 4.43. The molecule has 0 radical (unpaired) electrons. The summed E-state index contributed by atoms with van der Waals surface area (Å²) in [4.78, 5) is 19.2. The normalized spacial score (nSPS) is 24.3. The van der Waals surface area contributed by atoms with E-state index in [1.54, 1.807) is 7.11 Å². The van der Waals surface area contributed by atoms with Gasteiger partial charge in [-0.1, -0.05) is 0 Å². The molecule has 3 heterocycles. The van der Waals surface area contributed by atoms with Crippen LogP contribution in [-0.4, -0.2) is 55.5 Å². The van der Waals surface area contributed by atoms with Gasteiger partial charge >= 0.3 is 0 Å². The Morgan fingerprint density at radius 1 is 1.36 bits per heavy atom. The van der Waals surface area contributed by atoms with Crippen LogP contribution in [0.2, 0.25) is 0 Å². The Bertz CT molecular complexity index is 769. The summed E-state index contributed by atoms with van der Waals surface area (Å²) in [5, 5.41) is 0.754. The molecule has 7 heteroatoms. The number of hydrogen-bond acceptors (Lipinski definition) is 6. The zero-order chi connectivity index (χ0) is 17.4. The zero-order valence-electron chi connectivity index (χ0n) is 14.3. The fourth-order valence-electron chi connectivity index (χ4n) is 3.17. The summed E-state index contributed by atoms with van der Waals surface area (Å²) in [6.45, 7) is 4.91. The van der Waals surface area contributed by atoms with Crippen molar-refractivity contribution in [2.75, 3.05) is 33.4 Å². The molecule has 0 aliphatic carbocycles. The monoisotopic (exact) mass is 360 g/mol. The predicted octanol–water partition coefficient (Wildman–Crippen LogP) is 2.32. The van der Waals surface area contributed by atoms with Crippen molar-refractivity contribution in [1.82, 2.24) is 4.90 Å². The Balaban J connectivity index is 1.59. The van der Waals surface area contributed by atoms with E-state index in [4.69, 9.17) is 14.2 Å². The second-order valence-corrected chi connectivity index (χ2v) is 7.25. The van der Waals surface area contributed by atoms with E-state index < -0.39 is 0 Å². The van der Waals surface area contributed by atoms with Gasteiger partial charge in [-0.15, -0.1) is 0 Å². The maximum Gasteiger partial charge on any atom is 0.286 e. The number of hydrogen-bond donors (Lipinski definition) is 0. The van der Waals surface area contributed by atoms with E-state index in [1.165, 1.54) is 11.8 Å². The lowest BCUT2D eigenvalue weighted by atomic mass is 10.1. The first kappa shape index (κ1) is 16.5. The van der Waals surface area contributed by atoms with Crippen molar-refractivity contribution in [2.45, 2.75) is 19.4 Å². The lowest BCUT2D eigenvalue weighted by molar-refractivity contribution is -0.113. The minimum Gasteiger partial charge on any atom is -0.496 e. The highest BCUT2D eigenvalue weighted by molar-refractivity contribution is 8.18. The first-order chi connectivity index (χ1) is 12.1. The number of aliphatic imine (C=N–C) groups is 1. The molecular weight excluding hydrogens is 340 g/mol. The molecule has 0 saturated carbocycles. The second kappa shape index (κ2) is 6.72. The van der Waals surface area contributed by atoms with Crippen LogP contribution in [0.4, 0.5) is 0 Å². The molecule has 1 aromatic carbocycles. The van der Waals surface area contributed by atoms with Crippen molar-refractivity contribution >= 4 is 28.9 Å². The van der Waals surface area contributed by atoms with E-state index in [-0.39, 0.29) is 12.0 Å². The molecule has 1 atom stereocenters.